The number of nitrogens with two attached hydrogens (primary N) is 2. The van der Waals surface area contributed by atoms with Crippen LogP contribution in [0.3, 0.4) is 0 Å². The molecule has 0 saturated carbocycles. The third-order valence-corrected chi connectivity index (χ3v) is 6.14. The van der Waals surface area contributed by atoms with E-state index in [0.717, 1.165) is 4.47 Å². The first-order chi connectivity index (χ1) is 13.9. The largest absolute Gasteiger partial charge is 0.508 e. The Hall–Kier alpha value is -3.41. The summed E-state index contributed by atoms with van der Waals surface area (Å²) in [6.45, 7) is 0. The molecule has 142 valence electrons. The Morgan fingerprint density at radius 3 is 2.55 bits per heavy atom. The molecule has 4 aromatic rings. The van der Waals surface area contributed by atoms with Crippen LogP contribution in [0.4, 0.5) is 11.5 Å². The van der Waals surface area contributed by atoms with Gasteiger partial charge in [-0.15, -0.1) is 0 Å². The fraction of sp³-hybridized carbons (Fsp3) is 0. The summed E-state index contributed by atoms with van der Waals surface area (Å²) in [7, 11) is 0. The molecule has 0 amide bonds. The molecule has 0 aliphatic heterocycles. The predicted octanol–water partition coefficient (Wildman–Crippen LogP) is 4.12. The number of nitrogen functional groups attached to an aromatic ring is 2. The van der Waals surface area contributed by atoms with E-state index in [0.29, 0.717) is 31.8 Å². The van der Waals surface area contributed by atoms with Crippen LogP contribution in [-0.4, -0.2) is 10.9 Å². The monoisotopic (exact) mass is 465 g/mol. The first kappa shape index (κ1) is 18.9. The lowest BCUT2D eigenvalue weighted by atomic mass is 9.96. The maximum Gasteiger partial charge on any atom is 0.290 e. The van der Waals surface area contributed by atoms with E-state index in [9.17, 15) is 15.2 Å². The molecule has 0 saturated heterocycles. The number of anilines is 2. The zero-order valence-corrected chi connectivity index (χ0v) is 17.3. The molecule has 29 heavy (non-hydrogen) atoms. The van der Waals surface area contributed by atoms with Gasteiger partial charge in [0, 0.05) is 15.6 Å². The van der Waals surface area contributed by atoms with Crippen LogP contribution in [0.5, 0.6) is 5.75 Å². The zero-order valence-electron chi connectivity index (χ0n) is 14.9. The standard InChI is InChI=1S/C21H13BrN4O2S/c22-12-3-1-2-11(8-12)18(28)19-17(24)16-15(10-4-6-13(27)7-5-10)14(9-23)20(25)26-21(16)29-19/h1-8,27H,24H2,(H2,25,26)/p+1. The number of carbonyl (C=O) groups is 1. The normalized spacial score (nSPS) is 10.8. The Balaban J connectivity index is 2.01. The fourth-order valence-electron chi connectivity index (χ4n) is 3.19. The minimum Gasteiger partial charge on any atom is -0.508 e. The highest BCUT2D eigenvalue weighted by Gasteiger charge is 2.27. The lowest BCUT2D eigenvalue weighted by Crippen LogP contribution is -2.13. The van der Waals surface area contributed by atoms with Crippen LogP contribution in [0.25, 0.3) is 21.3 Å². The number of carbonyl (C=O) groups excluding carboxylic acids is 1. The van der Waals surface area contributed by atoms with Gasteiger partial charge in [0.05, 0.1) is 11.1 Å². The third-order valence-electron chi connectivity index (χ3n) is 4.52. The number of halogens is 1. The average molecular weight is 466 g/mol. The first-order valence-electron chi connectivity index (χ1n) is 8.47. The van der Waals surface area contributed by atoms with Gasteiger partial charge in [-0.3, -0.25) is 10.5 Å². The van der Waals surface area contributed by atoms with E-state index in [1.807, 2.05) is 6.07 Å². The second kappa shape index (κ2) is 7.20. The van der Waals surface area contributed by atoms with Crippen molar-refractivity contribution in [1.82, 2.24) is 0 Å². The number of nitrogens with one attached hydrogen (secondary N) is 1. The number of thiophene rings is 1. The van der Waals surface area contributed by atoms with E-state index < -0.39 is 0 Å². The number of nitriles is 1. The number of phenolic OH excluding ortho intramolecular Hbond substituents is 1. The molecule has 0 unspecified atom stereocenters. The summed E-state index contributed by atoms with van der Waals surface area (Å²) < 4.78 is 0.787. The number of H-pyrrole nitrogens is 1. The van der Waals surface area contributed by atoms with E-state index in [1.165, 1.54) is 23.5 Å². The highest BCUT2D eigenvalue weighted by Crippen LogP contribution is 2.42. The van der Waals surface area contributed by atoms with Gasteiger partial charge in [0.2, 0.25) is 5.78 Å². The van der Waals surface area contributed by atoms with Crippen molar-refractivity contribution < 1.29 is 14.9 Å². The highest BCUT2D eigenvalue weighted by atomic mass is 79.9. The molecule has 0 atom stereocenters. The van der Waals surface area contributed by atoms with E-state index in [-0.39, 0.29) is 28.6 Å². The summed E-state index contributed by atoms with van der Waals surface area (Å²) in [6.07, 6.45) is 0. The van der Waals surface area contributed by atoms with Crippen LogP contribution < -0.4 is 16.5 Å². The molecule has 2 heterocycles. The molecule has 2 aromatic heterocycles. The summed E-state index contributed by atoms with van der Waals surface area (Å²) in [6, 6.07) is 15.6. The van der Waals surface area contributed by atoms with Gasteiger partial charge in [0.25, 0.3) is 5.82 Å². The quantitative estimate of drug-likeness (QED) is 0.392. The van der Waals surface area contributed by atoms with Crippen molar-refractivity contribution in [2.75, 3.05) is 11.5 Å². The molecule has 0 bridgehead atoms. The summed E-state index contributed by atoms with van der Waals surface area (Å²) >= 11 is 4.57. The Kier molecular flexibility index (Phi) is 4.70. The van der Waals surface area contributed by atoms with Crippen molar-refractivity contribution in [2.24, 2.45) is 0 Å². The van der Waals surface area contributed by atoms with Gasteiger partial charge >= 0.3 is 0 Å². The number of rotatable bonds is 3. The predicted molar refractivity (Wildman–Crippen MR) is 117 cm³/mol. The van der Waals surface area contributed by atoms with E-state index >= 15 is 0 Å². The van der Waals surface area contributed by atoms with E-state index in [1.54, 1.807) is 30.3 Å². The van der Waals surface area contributed by atoms with Crippen LogP contribution in [0.2, 0.25) is 0 Å². The smallest absolute Gasteiger partial charge is 0.290 e. The average Bonchev–Trinajstić information content (AvgIpc) is 3.03. The number of aromatic amines is 1. The lowest BCUT2D eigenvalue weighted by molar-refractivity contribution is -0.323. The maximum atomic E-state index is 13.1. The molecule has 8 heteroatoms. The number of pyridine rings is 1. The highest BCUT2D eigenvalue weighted by molar-refractivity contribution is 9.10. The summed E-state index contributed by atoms with van der Waals surface area (Å²) in [4.78, 5) is 17.0. The number of benzene rings is 2. The Labute approximate surface area is 178 Å². The van der Waals surface area contributed by atoms with Crippen molar-refractivity contribution in [3.05, 3.63) is 69.0 Å². The van der Waals surface area contributed by atoms with Gasteiger partial charge in [-0.2, -0.15) is 5.26 Å². The topological polar surface area (TPSA) is 127 Å². The van der Waals surface area contributed by atoms with Gasteiger partial charge in [0.1, 0.15) is 22.3 Å². The van der Waals surface area contributed by atoms with E-state index in [4.69, 9.17) is 11.5 Å². The summed E-state index contributed by atoms with van der Waals surface area (Å²) in [5, 5.41) is 19.9. The number of hydrogen-bond acceptors (Lipinski definition) is 6. The van der Waals surface area contributed by atoms with Gasteiger partial charge in [0.15, 0.2) is 4.83 Å². The minimum atomic E-state index is -0.216. The van der Waals surface area contributed by atoms with Crippen LogP contribution in [-0.2, 0) is 0 Å². The number of aromatic hydroxyl groups is 1. The van der Waals surface area contributed by atoms with Crippen molar-refractivity contribution in [3.8, 4) is 22.9 Å². The number of fused-ring (bicyclic) bond motifs is 1. The Morgan fingerprint density at radius 2 is 1.90 bits per heavy atom. The molecule has 2 aromatic carbocycles. The molecule has 0 radical (unpaired) electrons. The van der Waals surface area contributed by atoms with Crippen LogP contribution in [0.15, 0.2) is 53.0 Å². The van der Waals surface area contributed by atoms with Crippen molar-refractivity contribution in [2.45, 2.75) is 0 Å². The second-order valence-corrected chi connectivity index (χ2v) is 8.27. The van der Waals surface area contributed by atoms with Gasteiger partial charge < -0.3 is 10.8 Å². The fourth-order valence-corrected chi connectivity index (χ4v) is 4.69. The molecule has 0 fully saturated rings. The number of ketones is 1. The SMILES string of the molecule is N#Cc1c(N)[nH+]c2sc(C(=O)c3cccc(Br)c3)c(N)c2c1-c1ccc(O)cc1. The Morgan fingerprint density at radius 1 is 1.17 bits per heavy atom. The number of nitrogens with zero attached hydrogens (tertiary/aromatic N) is 1. The van der Waals surface area contributed by atoms with Crippen molar-refractivity contribution in [1.29, 1.82) is 5.26 Å². The molecule has 6 nitrogen and oxygen atoms in total. The van der Waals surface area contributed by atoms with Crippen molar-refractivity contribution >= 4 is 54.8 Å². The number of phenols is 1. The third kappa shape index (κ3) is 3.20. The summed E-state index contributed by atoms with van der Waals surface area (Å²) in [5.74, 6) is 0.0701. The number of aromatic nitrogens is 1. The Bertz CT molecular complexity index is 1320. The second-order valence-electron chi connectivity index (χ2n) is 6.34. The molecule has 6 N–H and O–H groups in total. The minimum absolute atomic E-state index is 0.0998. The summed E-state index contributed by atoms with van der Waals surface area (Å²) in [5.41, 5.74) is 14.7. The van der Waals surface area contributed by atoms with Gasteiger partial charge in [-0.1, -0.05) is 51.5 Å². The first-order valence-corrected chi connectivity index (χ1v) is 10.1. The van der Waals surface area contributed by atoms with Crippen molar-refractivity contribution in [3.63, 3.8) is 0 Å². The molecular weight excluding hydrogens is 452 g/mol. The van der Waals surface area contributed by atoms with Crippen LogP contribution >= 0.6 is 27.3 Å². The van der Waals surface area contributed by atoms with Gasteiger partial charge in [-0.25, -0.2) is 4.98 Å². The molecule has 4 rings (SSSR count). The molecular formula is C21H14BrN4O2S+. The van der Waals surface area contributed by atoms with Crippen LogP contribution in [0.1, 0.15) is 20.8 Å². The molecule has 0 spiro atoms. The van der Waals surface area contributed by atoms with Gasteiger partial charge in [-0.05, 0) is 29.8 Å². The van der Waals surface area contributed by atoms with Crippen LogP contribution in [0, 0.1) is 11.3 Å². The molecule has 0 aliphatic carbocycles. The maximum absolute atomic E-state index is 13.1. The lowest BCUT2D eigenvalue weighted by Gasteiger charge is -2.07. The zero-order chi connectivity index (χ0) is 20.7. The number of hydrogen-bond donors (Lipinski definition) is 3. The van der Waals surface area contributed by atoms with E-state index in [2.05, 4.69) is 27.0 Å². The molecule has 0 aliphatic rings.